The fourth-order valence-electron chi connectivity index (χ4n) is 2.12. The number of benzene rings is 2. The van der Waals surface area contributed by atoms with E-state index in [1.54, 1.807) is 12.1 Å². The Hall–Kier alpha value is -1.74. The summed E-state index contributed by atoms with van der Waals surface area (Å²) in [5, 5.41) is 3.19. The fraction of sp³-hybridized carbons (Fsp3) is 0.294. The lowest BCUT2D eigenvalue weighted by atomic mass is 9.99. The Morgan fingerprint density at radius 2 is 1.80 bits per heavy atom. The molecule has 0 heterocycles. The molecule has 0 aromatic heterocycles. The zero-order valence-corrected chi connectivity index (χ0v) is 12.0. The average molecular weight is 275 g/mol. The normalized spacial score (nSPS) is 11.1. The lowest BCUT2D eigenvalue weighted by Gasteiger charge is -2.11. The van der Waals surface area contributed by atoms with Gasteiger partial charge in [-0.1, -0.05) is 32.0 Å². The predicted octanol–water partition coefficient (Wildman–Crippen LogP) is 4.44. The van der Waals surface area contributed by atoms with Crippen molar-refractivity contribution in [1.29, 1.82) is 0 Å². The third-order valence-electron chi connectivity index (χ3n) is 3.25. The van der Waals surface area contributed by atoms with Crippen LogP contribution in [0.2, 0.25) is 0 Å². The minimum absolute atomic E-state index is 0.237. The molecule has 20 heavy (non-hydrogen) atoms. The Labute approximate surface area is 118 Å². The second-order valence-corrected chi connectivity index (χ2v) is 5.30. The van der Waals surface area contributed by atoms with Crippen LogP contribution >= 0.6 is 0 Å². The average Bonchev–Trinajstić information content (AvgIpc) is 2.37. The third-order valence-corrected chi connectivity index (χ3v) is 3.25. The van der Waals surface area contributed by atoms with Gasteiger partial charge < -0.3 is 5.32 Å². The number of aryl methyl sites for hydroxylation is 1. The molecule has 0 atom stereocenters. The van der Waals surface area contributed by atoms with Crippen molar-refractivity contribution in [1.82, 2.24) is 5.32 Å². The molecule has 0 aliphatic carbocycles. The quantitative estimate of drug-likeness (QED) is 0.870. The van der Waals surface area contributed by atoms with E-state index >= 15 is 0 Å². The van der Waals surface area contributed by atoms with Gasteiger partial charge in [0, 0.05) is 18.2 Å². The van der Waals surface area contributed by atoms with Crippen LogP contribution in [-0.2, 0) is 6.54 Å². The molecule has 0 unspecified atom stereocenters. The summed E-state index contributed by atoms with van der Waals surface area (Å²) in [5.74, 6) is -0.510. The van der Waals surface area contributed by atoms with Gasteiger partial charge in [-0.05, 0) is 41.8 Å². The van der Waals surface area contributed by atoms with Gasteiger partial charge in [0.2, 0.25) is 0 Å². The molecule has 1 nitrogen and oxygen atoms in total. The fourth-order valence-corrected chi connectivity index (χ4v) is 2.12. The maximum Gasteiger partial charge on any atom is 0.128 e. The van der Waals surface area contributed by atoms with Crippen molar-refractivity contribution in [3.05, 3.63) is 59.2 Å². The Kier molecular flexibility index (Phi) is 4.50. The maximum atomic E-state index is 14.1. The van der Waals surface area contributed by atoms with E-state index in [1.807, 2.05) is 26.8 Å². The molecule has 0 radical (unpaired) electrons. The second-order valence-electron chi connectivity index (χ2n) is 5.30. The highest BCUT2D eigenvalue weighted by Crippen LogP contribution is 2.25. The van der Waals surface area contributed by atoms with Gasteiger partial charge in [0.1, 0.15) is 11.6 Å². The molecule has 106 valence electrons. The first kappa shape index (κ1) is 14.7. The standard InChI is InChI=1S/C17H19F2N/c1-11(2)20-10-14-5-4-13(9-17(14)19)16-7-6-15(18)8-12(16)3/h4-9,11,20H,10H2,1-3H3. The number of halogens is 2. The third kappa shape index (κ3) is 3.42. The van der Waals surface area contributed by atoms with Crippen molar-refractivity contribution in [2.24, 2.45) is 0 Å². The van der Waals surface area contributed by atoms with Crippen LogP contribution in [0.15, 0.2) is 36.4 Å². The summed E-state index contributed by atoms with van der Waals surface area (Å²) >= 11 is 0. The summed E-state index contributed by atoms with van der Waals surface area (Å²) in [5.41, 5.74) is 3.07. The van der Waals surface area contributed by atoms with Crippen molar-refractivity contribution in [2.45, 2.75) is 33.4 Å². The first-order valence-electron chi connectivity index (χ1n) is 6.75. The van der Waals surface area contributed by atoms with Crippen LogP contribution in [0.3, 0.4) is 0 Å². The van der Waals surface area contributed by atoms with Crippen LogP contribution in [0.5, 0.6) is 0 Å². The molecule has 0 saturated carbocycles. The molecule has 2 aromatic rings. The minimum atomic E-state index is -0.274. The highest BCUT2D eigenvalue weighted by molar-refractivity contribution is 5.67. The predicted molar refractivity (Wildman–Crippen MR) is 78.5 cm³/mol. The molecule has 0 aliphatic heterocycles. The van der Waals surface area contributed by atoms with Crippen molar-refractivity contribution < 1.29 is 8.78 Å². The molecule has 2 aromatic carbocycles. The summed E-state index contributed by atoms with van der Waals surface area (Å²) in [6, 6.07) is 10.0. The summed E-state index contributed by atoms with van der Waals surface area (Å²) in [6.07, 6.45) is 0. The lowest BCUT2D eigenvalue weighted by Crippen LogP contribution is -2.22. The van der Waals surface area contributed by atoms with Gasteiger partial charge >= 0.3 is 0 Å². The highest BCUT2D eigenvalue weighted by Gasteiger charge is 2.08. The smallest absolute Gasteiger partial charge is 0.128 e. The molecule has 0 fully saturated rings. The van der Waals surface area contributed by atoms with Crippen LogP contribution in [0, 0.1) is 18.6 Å². The molecule has 0 aliphatic rings. The Balaban J connectivity index is 2.28. The highest BCUT2D eigenvalue weighted by atomic mass is 19.1. The first-order valence-corrected chi connectivity index (χ1v) is 6.75. The molecule has 3 heteroatoms. The second kappa shape index (κ2) is 6.14. The molecule has 1 N–H and O–H groups in total. The molecular weight excluding hydrogens is 256 g/mol. The minimum Gasteiger partial charge on any atom is -0.310 e. The van der Waals surface area contributed by atoms with Gasteiger partial charge in [-0.3, -0.25) is 0 Å². The topological polar surface area (TPSA) is 12.0 Å². The van der Waals surface area contributed by atoms with Crippen LogP contribution in [-0.4, -0.2) is 6.04 Å². The maximum absolute atomic E-state index is 14.1. The zero-order valence-electron chi connectivity index (χ0n) is 12.0. The number of nitrogens with one attached hydrogen (secondary N) is 1. The first-order chi connectivity index (χ1) is 9.47. The Morgan fingerprint density at radius 1 is 1.05 bits per heavy atom. The van der Waals surface area contributed by atoms with Gasteiger partial charge in [0.15, 0.2) is 0 Å². The van der Waals surface area contributed by atoms with Gasteiger partial charge in [-0.25, -0.2) is 8.78 Å². The lowest BCUT2D eigenvalue weighted by molar-refractivity contribution is 0.553. The van der Waals surface area contributed by atoms with Crippen LogP contribution in [0.25, 0.3) is 11.1 Å². The largest absolute Gasteiger partial charge is 0.310 e. The van der Waals surface area contributed by atoms with E-state index in [-0.39, 0.29) is 11.6 Å². The van der Waals surface area contributed by atoms with E-state index in [1.165, 1.54) is 18.2 Å². The molecular formula is C17H19F2N. The Bertz CT molecular complexity index is 606. The summed E-state index contributed by atoms with van der Waals surface area (Å²) in [7, 11) is 0. The monoisotopic (exact) mass is 275 g/mol. The SMILES string of the molecule is Cc1cc(F)ccc1-c1ccc(CNC(C)C)c(F)c1. The molecule has 0 saturated heterocycles. The molecule has 0 spiro atoms. The molecule has 0 amide bonds. The Morgan fingerprint density at radius 3 is 2.40 bits per heavy atom. The number of hydrogen-bond acceptors (Lipinski definition) is 1. The molecule has 2 rings (SSSR count). The van der Waals surface area contributed by atoms with Crippen LogP contribution in [0.1, 0.15) is 25.0 Å². The van der Waals surface area contributed by atoms with Crippen LogP contribution < -0.4 is 5.32 Å². The van der Waals surface area contributed by atoms with Gasteiger partial charge in [0.25, 0.3) is 0 Å². The molecule has 0 bridgehead atoms. The van der Waals surface area contributed by atoms with Crippen molar-refractivity contribution >= 4 is 0 Å². The van der Waals surface area contributed by atoms with E-state index in [2.05, 4.69) is 5.32 Å². The van der Waals surface area contributed by atoms with E-state index in [9.17, 15) is 8.78 Å². The van der Waals surface area contributed by atoms with Gasteiger partial charge in [0.05, 0.1) is 0 Å². The van der Waals surface area contributed by atoms with E-state index in [0.717, 1.165) is 16.7 Å². The van der Waals surface area contributed by atoms with E-state index in [0.29, 0.717) is 18.2 Å². The van der Waals surface area contributed by atoms with Gasteiger partial charge in [-0.15, -0.1) is 0 Å². The number of rotatable bonds is 4. The van der Waals surface area contributed by atoms with E-state index < -0.39 is 0 Å². The van der Waals surface area contributed by atoms with Crippen molar-refractivity contribution in [3.8, 4) is 11.1 Å². The summed E-state index contributed by atoms with van der Waals surface area (Å²) in [6.45, 7) is 6.37. The summed E-state index contributed by atoms with van der Waals surface area (Å²) < 4.78 is 27.2. The summed E-state index contributed by atoms with van der Waals surface area (Å²) in [4.78, 5) is 0. The van der Waals surface area contributed by atoms with Crippen molar-refractivity contribution in [3.63, 3.8) is 0 Å². The number of hydrogen-bond donors (Lipinski definition) is 1. The zero-order chi connectivity index (χ0) is 14.7. The van der Waals surface area contributed by atoms with Crippen LogP contribution in [0.4, 0.5) is 8.78 Å². The van der Waals surface area contributed by atoms with Gasteiger partial charge in [-0.2, -0.15) is 0 Å². The van der Waals surface area contributed by atoms with Crippen molar-refractivity contribution in [2.75, 3.05) is 0 Å². The van der Waals surface area contributed by atoms with E-state index in [4.69, 9.17) is 0 Å².